The molecule has 0 saturated carbocycles. The minimum Gasteiger partial charge on any atom is -0.453 e. The molecule has 0 aliphatic heterocycles. The van der Waals surface area contributed by atoms with Crippen LogP contribution in [-0.4, -0.2) is 19.5 Å². The van der Waals surface area contributed by atoms with Crippen LogP contribution in [0.5, 0.6) is 0 Å². The van der Waals surface area contributed by atoms with Gasteiger partial charge in [0.1, 0.15) is 5.58 Å². The topological polar surface area (TPSA) is 56.7 Å². The number of para-hydroxylation sites is 1. The Labute approximate surface area is 310 Å². The molecule has 11 aromatic rings. The van der Waals surface area contributed by atoms with Crippen molar-refractivity contribution in [1.29, 1.82) is 0 Å². The third-order valence-corrected chi connectivity index (χ3v) is 10.5. The van der Waals surface area contributed by atoms with Gasteiger partial charge in [-0.3, -0.25) is 0 Å². The highest BCUT2D eigenvalue weighted by molar-refractivity contribution is 6.21. The molecule has 8 aromatic carbocycles. The first kappa shape index (κ1) is 30.3. The fourth-order valence-corrected chi connectivity index (χ4v) is 7.93. The Hall–Kier alpha value is -7.37. The fraction of sp³-hybridized carbons (Fsp3) is 0. The van der Waals surface area contributed by atoms with Crippen molar-refractivity contribution in [3.8, 4) is 51.0 Å². The Kier molecular flexibility index (Phi) is 6.79. The van der Waals surface area contributed by atoms with Gasteiger partial charge < -0.3 is 8.98 Å². The number of fused-ring (bicyclic) bond motifs is 8. The Bertz CT molecular complexity index is 3140. The van der Waals surface area contributed by atoms with Gasteiger partial charge in [0.25, 0.3) is 0 Å². The van der Waals surface area contributed by atoms with Crippen LogP contribution in [0.3, 0.4) is 0 Å². The zero-order valence-electron chi connectivity index (χ0n) is 29.0. The van der Waals surface area contributed by atoms with Crippen LogP contribution in [0.2, 0.25) is 0 Å². The van der Waals surface area contributed by atoms with Crippen molar-refractivity contribution in [3.63, 3.8) is 0 Å². The van der Waals surface area contributed by atoms with Gasteiger partial charge in [0.05, 0.1) is 16.7 Å². The molecule has 0 amide bonds. The zero-order valence-corrected chi connectivity index (χ0v) is 29.0. The molecule has 3 aromatic heterocycles. The Morgan fingerprint density at radius 1 is 0.370 bits per heavy atom. The smallest absolute Gasteiger partial charge is 0.164 e. The van der Waals surface area contributed by atoms with Crippen LogP contribution in [-0.2, 0) is 0 Å². The van der Waals surface area contributed by atoms with E-state index < -0.39 is 0 Å². The molecule has 0 aliphatic rings. The van der Waals surface area contributed by atoms with E-state index in [1.165, 1.54) is 16.3 Å². The van der Waals surface area contributed by atoms with Gasteiger partial charge in [-0.25, -0.2) is 15.0 Å². The summed E-state index contributed by atoms with van der Waals surface area (Å²) in [5, 5.41) is 6.51. The van der Waals surface area contributed by atoms with Crippen molar-refractivity contribution < 1.29 is 4.42 Å². The highest BCUT2D eigenvalue weighted by Crippen LogP contribution is 2.44. The van der Waals surface area contributed by atoms with Gasteiger partial charge in [0.15, 0.2) is 23.1 Å². The SMILES string of the molecule is c1ccc(-c2ccc3c4ccccc4n(-c4ccc(-c5nc(-c6ccccc6)nc(-c6ccccc6)n5)c5c4oc4c6ccccc6ccc45)c3c2)cc1. The summed E-state index contributed by atoms with van der Waals surface area (Å²) in [4.78, 5) is 15.3. The van der Waals surface area contributed by atoms with Crippen molar-refractivity contribution >= 4 is 54.5 Å². The van der Waals surface area contributed by atoms with Gasteiger partial charge in [0.2, 0.25) is 0 Å². The first-order valence-corrected chi connectivity index (χ1v) is 18.1. The van der Waals surface area contributed by atoms with E-state index in [9.17, 15) is 0 Å². The summed E-state index contributed by atoms with van der Waals surface area (Å²) in [6.07, 6.45) is 0. The predicted molar refractivity (Wildman–Crippen MR) is 221 cm³/mol. The first-order valence-electron chi connectivity index (χ1n) is 18.1. The second-order valence-corrected chi connectivity index (χ2v) is 13.6. The molecule has 0 fully saturated rings. The molecular formula is C49H30N4O. The van der Waals surface area contributed by atoms with Crippen LogP contribution >= 0.6 is 0 Å². The summed E-state index contributed by atoms with van der Waals surface area (Å²) in [6, 6.07) is 63.2. The molecule has 0 atom stereocenters. The van der Waals surface area contributed by atoms with Gasteiger partial charge in [-0.05, 0) is 46.8 Å². The van der Waals surface area contributed by atoms with Crippen LogP contribution in [0.15, 0.2) is 186 Å². The largest absolute Gasteiger partial charge is 0.453 e. The van der Waals surface area contributed by atoms with E-state index in [0.717, 1.165) is 71.7 Å². The van der Waals surface area contributed by atoms with Gasteiger partial charge in [-0.1, -0.05) is 152 Å². The van der Waals surface area contributed by atoms with Crippen LogP contribution in [0.25, 0.3) is 105 Å². The summed E-state index contributed by atoms with van der Waals surface area (Å²) in [5.74, 6) is 1.82. The van der Waals surface area contributed by atoms with E-state index >= 15 is 0 Å². The fourth-order valence-electron chi connectivity index (χ4n) is 7.93. The molecule has 54 heavy (non-hydrogen) atoms. The second-order valence-electron chi connectivity index (χ2n) is 13.6. The molecule has 0 aliphatic carbocycles. The number of hydrogen-bond acceptors (Lipinski definition) is 4. The van der Waals surface area contributed by atoms with Gasteiger partial charge in [-0.15, -0.1) is 0 Å². The highest BCUT2D eigenvalue weighted by atomic mass is 16.3. The standard InChI is InChI=1S/C49H30N4O/c1-4-14-31(15-5-1)35-25-26-38-37-22-12-13-23-41(37)53(43(38)30-35)42-29-28-40(44-39-27-24-32-16-10-11-21-36(32)45(39)54-46(42)44)49-51-47(33-17-6-2-7-18-33)50-48(52-49)34-19-8-3-9-20-34/h1-30H. The van der Waals surface area contributed by atoms with Gasteiger partial charge >= 0.3 is 0 Å². The maximum atomic E-state index is 7.13. The molecule has 0 spiro atoms. The van der Waals surface area contributed by atoms with E-state index in [2.05, 4.69) is 126 Å². The summed E-state index contributed by atoms with van der Waals surface area (Å²) >= 11 is 0. The lowest BCUT2D eigenvalue weighted by Gasteiger charge is -2.13. The normalized spacial score (nSPS) is 11.7. The number of hydrogen-bond donors (Lipinski definition) is 0. The van der Waals surface area contributed by atoms with Crippen LogP contribution in [0, 0.1) is 0 Å². The minimum absolute atomic E-state index is 0.587. The van der Waals surface area contributed by atoms with Crippen molar-refractivity contribution in [3.05, 3.63) is 182 Å². The number of nitrogens with zero attached hydrogens (tertiary/aromatic N) is 4. The summed E-state index contributed by atoms with van der Waals surface area (Å²) in [7, 11) is 0. The minimum atomic E-state index is 0.587. The molecule has 11 rings (SSSR count). The van der Waals surface area contributed by atoms with Gasteiger partial charge in [0, 0.05) is 43.6 Å². The quantitative estimate of drug-likeness (QED) is 0.180. The molecule has 0 unspecified atom stereocenters. The average molecular weight is 691 g/mol. The molecule has 0 saturated heterocycles. The number of furan rings is 1. The molecular weight excluding hydrogens is 661 g/mol. The molecule has 0 N–H and O–H groups in total. The molecule has 0 bridgehead atoms. The van der Waals surface area contributed by atoms with Crippen molar-refractivity contribution in [1.82, 2.24) is 19.5 Å². The Balaban J connectivity index is 1.25. The molecule has 5 heteroatoms. The van der Waals surface area contributed by atoms with Crippen LogP contribution in [0.4, 0.5) is 0 Å². The monoisotopic (exact) mass is 690 g/mol. The van der Waals surface area contributed by atoms with E-state index in [1.54, 1.807) is 0 Å². The second kappa shape index (κ2) is 12.1. The number of rotatable bonds is 5. The van der Waals surface area contributed by atoms with Crippen LogP contribution < -0.4 is 0 Å². The van der Waals surface area contributed by atoms with Crippen molar-refractivity contribution in [2.75, 3.05) is 0 Å². The summed E-state index contributed by atoms with van der Waals surface area (Å²) < 4.78 is 9.49. The van der Waals surface area contributed by atoms with E-state index in [-0.39, 0.29) is 0 Å². The van der Waals surface area contributed by atoms with E-state index in [0.29, 0.717) is 17.5 Å². The number of benzene rings is 8. The molecule has 3 heterocycles. The third kappa shape index (κ3) is 4.76. The predicted octanol–water partition coefficient (Wildman–Crippen LogP) is 12.7. The van der Waals surface area contributed by atoms with E-state index in [4.69, 9.17) is 19.4 Å². The molecule has 252 valence electrons. The molecule has 5 nitrogen and oxygen atoms in total. The lowest BCUT2D eigenvalue weighted by atomic mass is 10.0. The summed E-state index contributed by atoms with van der Waals surface area (Å²) in [5.41, 5.74) is 9.83. The maximum Gasteiger partial charge on any atom is 0.164 e. The average Bonchev–Trinajstić information content (AvgIpc) is 3.81. The maximum absolute atomic E-state index is 7.13. The lowest BCUT2D eigenvalue weighted by molar-refractivity contribution is 0.670. The zero-order chi connectivity index (χ0) is 35.6. The van der Waals surface area contributed by atoms with Crippen molar-refractivity contribution in [2.45, 2.75) is 0 Å². The Morgan fingerprint density at radius 3 is 1.67 bits per heavy atom. The summed E-state index contributed by atoms with van der Waals surface area (Å²) in [6.45, 7) is 0. The first-order chi connectivity index (χ1) is 26.8. The lowest BCUT2D eigenvalue weighted by Crippen LogP contribution is -2.01. The van der Waals surface area contributed by atoms with Crippen LogP contribution in [0.1, 0.15) is 0 Å². The molecule has 0 radical (unpaired) electrons. The van der Waals surface area contributed by atoms with E-state index in [1.807, 2.05) is 60.7 Å². The number of aromatic nitrogens is 4. The third-order valence-electron chi connectivity index (χ3n) is 10.5. The highest BCUT2D eigenvalue weighted by Gasteiger charge is 2.24. The van der Waals surface area contributed by atoms with Crippen molar-refractivity contribution in [2.24, 2.45) is 0 Å². The van der Waals surface area contributed by atoms with Gasteiger partial charge in [-0.2, -0.15) is 0 Å². The Morgan fingerprint density at radius 2 is 0.944 bits per heavy atom.